The van der Waals surface area contributed by atoms with E-state index in [0.29, 0.717) is 0 Å². The van der Waals surface area contributed by atoms with Gasteiger partial charge in [0.1, 0.15) is 0 Å². The lowest BCUT2D eigenvalue weighted by molar-refractivity contribution is 1.16. The summed E-state index contributed by atoms with van der Waals surface area (Å²) in [6.45, 7) is 4.18. The Hall–Kier alpha value is -4.04. The number of hydrogen-bond donors (Lipinski definition) is 0. The van der Waals surface area contributed by atoms with Gasteiger partial charge >= 0.3 is 0 Å². The van der Waals surface area contributed by atoms with Crippen molar-refractivity contribution < 1.29 is 0 Å². The minimum Gasteiger partial charge on any atom is -0.345 e. The van der Waals surface area contributed by atoms with Gasteiger partial charge in [0.25, 0.3) is 0 Å². The van der Waals surface area contributed by atoms with E-state index in [1.165, 1.54) is 28.2 Å². The molecule has 33 heavy (non-hydrogen) atoms. The number of para-hydroxylation sites is 2. The highest BCUT2D eigenvalue weighted by Crippen LogP contribution is 2.32. The topological polar surface area (TPSA) is 6.48 Å². The Kier molecular flexibility index (Phi) is 7.06. The van der Waals surface area contributed by atoms with Crippen LogP contribution in [0.15, 0.2) is 133 Å². The van der Waals surface area contributed by atoms with Gasteiger partial charge in [-0.15, -0.1) is 0 Å². The van der Waals surface area contributed by atoms with Gasteiger partial charge in [-0.2, -0.15) is 0 Å². The lowest BCUT2D eigenvalue weighted by Gasteiger charge is -2.26. The molecule has 0 aliphatic heterocycles. The Balaban J connectivity index is 1.59. The molecule has 0 N–H and O–H groups in total. The van der Waals surface area contributed by atoms with Crippen LogP contribution in [-0.4, -0.2) is 7.05 Å². The maximum Gasteiger partial charge on any atom is 0.0458 e. The number of allylic oxidation sites excluding steroid dienone is 4. The quantitative estimate of drug-likeness (QED) is 0.270. The Morgan fingerprint density at radius 2 is 1.00 bits per heavy atom. The summed E-state index contributed by atoms with van der Waals surface area (Å²) in [5, 5.41) is 0. The highest BCUT2D eigenvalue weighted by molar-refractivity contribution is 5.74. The second-order valence-corrected chi connectivity index (χ2v) is 7.99. The van der Waals surface area contributed by atoms with Crippen molar-refractivity contribution in [2.75, 3.05) is 16.8 Å². The van der Waals surface area contributed by atoms with E-state index < -0.39 is 0 Å². The van der Waals surface area contributed by atoms with Crippen LogP contribution in [-0.2, 0) is 0 Å². The summed E-state index contributed by atoms with van der Waals surface area (Å²) in [5.41, 5.74) is 8.22. The molecule has 0 fully saturated rings. The highest BCUT2D eigenvalue weighted by Gasteiger charge is 2.11. The predicted octanol–water partition coefficient (Wildman–Crippen LogP) is 8.74. The van der Waals surface area contributed by atoms with Gasteiger partial charge in [0, 0.05) is 35.5 Å². The molecule has 164 valence electrons. The highest BCUT2D eigenvalue weighted by atomic mass is 15.1. The third kappa shape index (κ3) is 5.24. The lowest BCUT2D eigenvalue weighted by atomic mass is 10.0. The Morgan fingerprint density at radius 1 is 0.576 bits per heavy atom. The van der Waals surface area contributed by atoms with Crippen LogP contribution >= 0.6 is 0 Å². The molecule has 2 nitrogen and oxygen atoms in total. The molecule has 0 radical (unpaired) electrons. The first kappa shape index (κ1) is 22.2. The van der Waals surface area contributed by atoms with Crippen LogP contribution in [0.4, 0.5) is 22.7 Å². The average molecular weight is 431 g/mol. The van der Waals surface area contributed by atoms with E-state index in [1.54, 1.807) is 0 Å². The van der Waals surface area contributed by atoms with Crippen LogP contribution in [0.1, 0.15) is 13.8 Å². The van der Waals surface area contributed by atoms with Crippen molar-refractivity contribution in [3.63, 3.8) is 0 Å². The maximum absolute atomic E-state index is 2.28. The van der Waals surface area contributed by atoms with E-state index >= 15 is 0 Å². The van der Waals surface area contributed by atoms with Crippen molar-refractivity contribution in [2.45, 2.75) is 13.8 Å². The molecule has 4 aromatic carbocycles. The number of benzene rings is 4. The summed E-state index contributed by atoms with van der Waals surface area (Å²) in [5.74, 6) is 0. The molecule has 0 spiro atoms. The third-order valence-corrected chi connectivity index (χ3v) is 5.75. The van der Waals surface area contributed by atoms with Crippen molar-refractivity contribution in [2.24, 2.45) is 0 Å². The summed E-state index contributed by atoms with van der Waals surface area (Å²) in [6.07, 6.45) is 6.27. The van der Waals surface area contributed by atoms with E-state index in [0.717, 1.165) is 11.4 Å². The molecule has 0 atom stereocenters. The predicted molar refractivity (Wildman–Crippen MR) is 144 cm³/mol. The van der Waals surface area contributed by atoms with Crippen LogP contribution in [0.25, 0.3) is 11.1 Å². The maximum atomic E-state index is 2.28. The van der Waals surface area contributed by atoms with Crippen molar-refractivity contribution >= 4 is 22.7 Å². The van der Waals surface area contributed by atoms with Crippen LogP contribution in [0, 0.1) is 0 Å². The van der Waals surface area contributed by atoms with Crippen molar-refractivity contribution in [3.8, 4) is 11.1 Å². The summed E-state index contributed by atoms with van der Waals surface area (Å²) in [7, 11) is 2.10. The molecule has 0 unspecified atom stereocenters. The molecule has 0 amide bonds. The molecule has 2 heteroatoms. The summed E-state index contributed by atoms with van der Waals surface area (Å²) < 4.78 is 0. The standard InChI is InChI=1S/C31H30N2/c1-4-5-12-25(2)33(30-15-10-7-11-16-30)31-23-19-27(20-24-31)26-17-21-29(22-18-26)32(3)28-13-8-6-9-14-28/h4-24H,1-3H3/b5-4-,25-12+. The molecule has 0 saturated heterocycles. The van der Waals surface area contributed by atoms with E-state index in [1.807, 2.05) is 13.0 Å². The van der Waals surface area contributed by atoms with E-state index in [-0.39, 0.29) is 0 Å². The molecular formula is C31H30N2. The number of anilines is 4. The number of hydrogen-bond acceptors (Lipinski definition) is 2. The lowest BCUT2D eigenvalue weighted by Crippen LogP contribution is -2.14. The van der Waals surface area contributed by atoms with Crippen LogP contribution in [0.5, 0.6) is 0 Å². The fourth-order valence-electron chi connectivity index (χ4n) is 3.92. The minimum atomic E-state index is 1.14. The van der Waals surface area contributed by atoms with Gasteiger partial charge in [-0.1, -0.05) is 72.8 Å². The Morgan fingerprint density at radius 3 is 1.52 bits per heavy atom. The van der Waals surface area contributed by atoms with Crippen molar-refractivity contribution in [1.82, 2.24) is 0 Å². The number of nitrogens with zero attached hydrogens (tertiary/aromatic N) is 2. The normalized spacial score (nSPS) is 11.5. The largest absolute Gasteiger partial charge is 0.345 e. The monoisotopic (exact) mass is 430 g/mol. The smallest absolute Gasteiger partial charge is 0.0458 e. The first-order valence-corrected chi connectivity index (χ1v) is 11.3. The number of rotatable bonds is 7. The fraction of sp³-hybridized carbons (Fsp3) is 0.0968. The summed E-state index contributed by atoms with van der Waals surface area (Å²) in [6, 6.07) is 38.4. The first-order valence-electron chi connectivity index (χ1n) is 11.3. The van der Waals surface area contributed by atoms with E-state index in [2.05, 4.69) is 145 Å². The molecule has 4 rings (SSSR count). The zero-order chi connectivity index (χ0) is 23.0. The fourth-order valence-corrected chi connectivity index (χ4v) is 3.92. The molecule has 4 aromatic rings. The van der Waals surface area contributed by atoms with Gasteiger partial charge in [-0.05, 0) is 79.6 Å². The molecule has 0 aliphatic carbocycles. The molecular weight excluding hydrogens is 400 g/mol. The van der Waals surface area contributed by atoms with Crippen LogP contribution < -0.4 is 9.80 Å². The van der Waals surface area contributed by atoms with Gasteiger partial charge in [-0.3, -0.25) is 0 Å². The Bertz CT molecular complexity index is 1210. The zero-order valence-electron chi connectivity index (χ0n) is 19.5. The van der Waals surface area contributed by atoms with Crippen molar-refractivity contribution in [1.29, 1.82) is 0 Å². The van der Waals surface area contributed by atoms with Gasteiger partial charge in [0.15, 0.2) is 0 Å². The van der Waals surface area contributed by atoms with E-state index in [4.69, 9.17) is 0 Å². The second kappa shape index (κ2) is 10.5. The summed E-state index contributed by atoms with van der Waals surface area (Å²) in [4.78, 5) is 4.48. The minimum absolute atomic E-state index is 1.14. The molecule has 0 aromatic heterocycles. The average Bonchev–Trinajstić information content (AvgIpc) is 2.89. The Labute approximate surface area is 197 Å². The van der Waals surface area contributed by atoms with Gasteiger partial charge in [0.05, 0.1) is 0 Å². The third-order valence-electron chi connectivity index (χ3n) is 5.75. The van der Waals surface area contributed by atoms with Crippen LogP contribution in [0.3, 0.4) is 0 Å². The van der Waals surface area contributed by atoms with Gasteiger partial charge in [-0.25, -0.2) is 0 Å². The molecule has 0 bridgehead atoms. The molecule has 0 saturated carbocycles. The van der Waals surface area contributed by atoms with Crippen molar-refractivity contribution in [3.05, 3.63) is 133 Å². The zero-order valence-corrected chi connectivity index (χ0v) is 19.5. The van der Waals surface area contributed by atoms with Gasteiger partial charge < -0.3 is 9.80 Å². The first-order chi connectivity index (χ1) is 16.2. The van der Waals surface area contributed by atoms with Crippen LogP contribution in [0.2, 0.25) is 0 Å². The van der Waals surface area contributed by atoms with Gasteiger partial charge in [0.2, 0.25) is 0 Å². The SMILES string of the molecule is C/C=C\C=C(/C)N(c1ccccc1)c1ccc(-c2ccc(N(C)c3ccccc3)cc2)cc1. The van der Waals surface area contributed by atoms with E-state index in [9.17, 15) is 0 Å². The molecule has 0 heterocycles. The molecule has 0 aliphatic rings. The second-order valence-electron chi connectivity index (χ2n) is 7.99. The summed E-state index contributed by atoms with van der Waals surface area (Å²) >= 11 is 0.